The molecule has 188 valence electrons. The molecule has 0 bridgehead atoms. The van der Waals surface area contributed by atoms with Crippen molar-refractivity contribution in [2.24, 2.45) is 0 Å². The Morgan fingerprint density at radius 3 is 2.05 bits per heavy atom. The monoisotopic (exact) mass is 492 g/mol. The largest absolute Gasteiger partial charge is 0.493 e. The van der Waals surface area contributed by atoms with E-state index in [1.54, 1.807) is 0 Å². The van der Waals surface area contributed by atoms with Crippen LogP contribution in [0.5, 0.6) is 11.5 Å². The number of carbonyl (C=O) groups excluding carboxylic acids is 1. The highest BCUT2D eigenvalue weighted by Gasteiger charge is 2.23. The molecule has 1 fully saturated rings. The van der Waals surface area contributed by atoms with Crippen LogP contribution in [0.25, 0.3) is 11.1 Å². The molecule has 5 rings (SSSR count). The van der Waals surface area contributed by atoms with Crippen LogP contribution < -0.4 is 14.4 Å². The van der Waals surface area contributed by atoms with Crippen LogP contribution in [0.15, 0.2) is 103 Å². The first-order valence-corrected chi connectivity index (χ1v) is 12.8. The van der Waals surface area contributed by atoms with Crippen LogP contribution >= 0.6 is 0 Å². The molecule has 1 aliphatic heterocycles. The number of ether oxygens (including phenoxy) is 2. The van der Waals surface area contributed by atoms with Crippen molar-refractivity contribution in [3.05, 3.63) is 114 Å². The second kappa shape index (κ2) is 11.7. The van der Waals surface area contributed by atoms with Crippen molar-refractivity contribution in [3.8, 4) is 22.6 Å². The number of nitrogens with zero attached hydrogens (tertiary/aromatic N) is 2. The van der Waals surface area contributed by atoms with Gasteiger partial charge < -0.3 is 19.3 Å². The van der Waals surface area contributed by atoms with Crippen LogP contribution in [-0.4, -0.2) is 43.6 Å². The van der Waals surface area contributed by atoms with Gasteiger partial charge in [0, 0.05) is 43.0 Å². The summed E-state index contributed by atoms with van der Waals surface area (Å²) >= 11 is 0. The fraction of sp³-hybridized carbons (Fsp3) is 0.219. The van der Waals surface area contributed by atoms with Gasteiger partial charge in [-0.3, -0.25) is 4.79 Å². The first-order chi connectivity index (χ1) is 18.2. The van der Waals surface area contributed by atoms with Gasteiger partial charge in [-0.15, -0.1) is 0 Å². The summed E-state index contributed by atoms with van der Waals surface area (Å²) in [5.74, 6) is 1.56. The number of benzene rings is 4. The summed E-state index contributed by atoms with van der Waals surface area (Å²) in [6, 6.07) is 34.3. The molecule has 0 N–H and O–H groups in total. The lowest BCUT2D eigenvalue weighted by atomic mass is 10.1. The first kappa shape index (κ1) is 24.4. The van der Waals surface area contributed by atoms with Gasteiger partial charge in [-0.05, 0) is 60.5 Å². The average molecular weight is 493 g/mol. The number of carbonyl (C=O) groups is 1. The molecule has 5 heteroatoms. The highest BCUT2D eigenvalue weighted by atomic mass is 16.5. The highest BCUT2D eigenvalue weighted by molar-refractivity contribution is 5.94. The second-order valence-corrected chi connectivity index (χ2v) is 9.05. The number of piperazine rings is 1. The predicted molar refractivity (Wildman–Crippen MR) is 148 cm³/mol. The maximum absolute atomic E-state index is 13.3. The SMILES string of the molecule is CCOc1ccc(C(=O)N2CCN(c3ccccc3)CC2)cc1COc1ccc(-c2ccccc2)cc1. The summed E-state index contributed by atoms with van der Waals surface area (Å²) in [6.07, 6.45) is 0. The summed E-state index contributed by atoms with van der Waals surface area (Å²) in [5, 5.41) is 0. The third-order valence-corrected chi connectivity index (χ3v) is 6.65. The maximum Gasteiger partial charge on any atom is 0.253 e. The van der Waals surface area contributed by atoms with Gasteiger partial charge in [-0.2, -0.15) is 0 Å². The van der Waals surface area contributed by atoms with Crippen molar-refractivity contribution in [1.29, 1.82) is 0 Å². The molecule has 0 aromatic heterocycles. The molecule has 4 aromatic carbocycles. The van der Waals surface area contributed by atoms with Crippen molar-refractivity contribution in [2.75, 3.05) is 37.7 Å². The van der Waals surface area contributed by atoms with E-state index < -0.39 is 0 Å². The number of anilines is 1. The normalized spacial score (nSPS) is 13.3. The van der Waals surface area contributed by atoms with Crippen LogP contribution in [0.1, 0.15) is 22.8 Å². The van der Waals surface area contributed by atoms with Crippen molar-refractivity contribution in [2.45, 2.75) is 13.5 Å². The van der Waals surface area contributed by atoms with E-state index in [-0.39, 0.29) is 5.91 Å². The Morgan fingerprint density at radius 2 is 1.38 bits per heavy atom. The van der Waals surface area contributed by atoms with Gasteiger partial charge in [0.2, 0.25) is 0 Å². The van der Waals surface area contributed by atoms with Crippen molar-refractivity contribution in [3.63, 3.8) is 0 Å². The Morgan fingerprint density at radius 1 is 0.730 bits per heavy atom. The zero-order chi connectivity index (χ0) is 25.5. The van der Waals surface area contributed by atoms with Crippen molar-refractivity contribution < 1.29 is 14.3 Å². The van der Waals surface area contributed by atoms with E-state index in [2.05, 4.69) is 41.3 Å². The first-order valence-electron chi connectivity index (χ1n) is 12.8. The molecule has 1 amide bonds. The molecule has 1 heterocycles. The molecule has 0 saturated carbocycles. The molecule has 5 nitrogen and oxygen atoms in total. The Bertz CT molecular complexity index is 1300. The lowest BCUT2D eigenvalue weighted by Gasteiger charge is -2.36. The lowest BCUT2D eigenvalue weighted by molar-refractivity contribution is 0.0746. The molecular formula is C32H32N2O3. The molecule has 37 heavy (non-hydrogen) atoms. The second-order valence-electron chi connectivity index (χ2n) is 9.05. The van der Waals surface area contributed by atoms with E-state index >= 15 is 0 Å². The number of amides is 1. The number of hydrogen-bond acceptors (Lipinski definition) is 4. The van der Waals surface area contributed by atoms with Crippen LogP contribution in [0.3, 0.4) is 0 Å². The zero-order valence-electron chi connectivity index (χ0n) is 21.2. The smallest absolute Gasteiger partial charge is 0.253 e. The Kier molecular flexibility index (Phi) is 7.70. The van der Waals surface area contributed by atoms with Gasteiger partial charge in [0.05, 0.1) is 6.61 Å². The average Bonchev–Trinajstić information content (AvgIpc) is 2.98. The molecule has 0 atom stereocenters. The van der Waals surface area contributed by atoms with E-state index in [1.165, 1.54) is 11.3 Å². The van der Waals surface area contributed by atoms with Gasteiger partial charge in [0.25, 0.3) is 5.91 Å². The predicted octanol–water partition coefficient (Wildman–Crippen LogP) is 6.29. The fourth-order valence-corrected chi connectivity index (χ4v) is 4.65. The molecule has 0 spiro atoms. The summed E-state index contributed by atoms with van der Waals surface area (Å²) in [5.41, 5.74) is 5.04. The quantitative estimate of drug-likeness (QED) is 0.290. The Hall–Kier alpha value is -4.25. The van der Waals surface area contributed by atoms with Crippen molar-refractivity contribution in [1.82, 2.24) is 4.90 Å². The minimum atomic E-state index is 0.0456. The number of rotatable bonds is 8. The van der Waals surface area contributed by atoms with E-state index in [1.807, 2.05) is 78.6 Å². The molecule has 0 aliphatic carbocycles. The van der Waals surface area contributed by atoms with Crippen LogP contribution in [-0.2, 0) is 6.61 Å². The summed E-state index contributed by atoms with van der Waals surface area (Å²) in [6.45, 7) is 5.86. The molecule has 1 saturated heterocycles. The van der Waals surface area contributed by atoms with Gasteiger partial charge in [0.15, 0.2) is 0 Å². The minimum Gasteiger partial charge on any atom is -0.493 e. The molecular weight excluding hydrogens is 460 g/mol. The number of hydrogen-bond donors (Lipinski definition) is 0. The van der Waals surface area contributed by atoms with E-state index in [9.17, 15) is 4.79 Å². The van der Waals surface area contributed by atoms with E-state index in [0.717, 1.165) is 35.7 Å². The highest BCUT2D eigenvalue weighted by Crippen LogP contribution is 2.26. The molecule has 4 aromatic rings. The van der Waals surface area contributed by atoms with Crippen LogP contribution in [0, 0.1) is 0 Å². The summed E-state index contributed by atoms with van der Waals surface area (Å²) < 4.78 is 11.9. The van der Waals surface area contributed by atoms with Crippen LogP contribution in [0.4, 0.5) is 5.69 Å². The van der Waals surface area contributed by atoms with Crippen LogP contribution in [0.2, 0.25) is 0 Å². The topological polar surface area (TPSA) is 42.0 Å². The molecule has 0 radical (unpaired) electrons. The fourth-order valence-electron chi connectivity index (χ4n) is 4.65. The third kappa shape index (κ3) is 5.95. The van der Waals surface area contributed by atoms with Crippen molar-refractivity contribution >= 4 is 11.6 Å². The minimum absolute atomic E-state index is 0.0456. The maximum atomic E-state index is 13.3. The molecule has 0 unspecified atom stereocenters. The Balaban J connectivity index is 1.25. The zero-order valence-corrected chi connectivity index (χ0v) is 21.2. The number of para-hydroxylation sites is 1. The standard InChI is InChI=1S/C32H32N2O3/c1-2-36-31-18-15-27(32(35)34-21-19-33(20-22-34)29-11-7-4-8-12-29)23-28(31)24-37-30-16-13-26(14-17-30)25-9-5-3-6-10-25/h3-18,23H,2,19-22,24H2,1H3. The van der Waals surface area contributed by atoms with Gasteiger partial charge in [-0.25, -0.2) is 0 Å². The summed E-state index contributed by atoms with van der Waals surface area (Å²) in [4.78, 5) is 17.6. The Labute approximate surface area is 218 Å². The lowest BCUT2D eigenvalue weighted by Crippen LogP contribution is -2.48. The van der Waals surface area contributed by atoms with Gasteiger partial charge in [0.1, 0.15) is 18.1 Å². The summed E-state index contributed by atoms with van der Waals surface area (Å²) in [7, 11) is 0. The van der Waals surface area contributed by atoms with Gasteiger partial charge >= 0.3 is 0 Å². The third-order valence-electron chi connectivity index (χ3n) is 6.65. The van der Waals surface area contributed by atoms with Gasteiger partial charge in [-0.1, -0.05) is 60.7 Å². The van der Waals surface area contributed by atoms with E-state index in [0.29, 0.717) is 31.9 Å². The van der Waals surface area contributed by atoms with E-state index in [4.69, 9.17) is 9.47 Å². The molecule has 1 aliphatic rings.